The van der Waals surface area contributed by atoms with Crippen LogP contribution >= 0.6 is 43.4 Å². The minimum atomic E-state index is 0.194. The fraction of sp³-hybridized carbons (Fsp3) is 0.100. The Balaban J connectivity index is 0.000000878. The molecule has 1 aromatic heterocycles. The molecule has 0 bridgehead atoms. The van der Waals surface area contributed by atoms with Crippen LogP contribution in [0.3, 0.4) is 0 Å². The molecule has 0 spiro atoms. The van der Waals surface area contributed by atoms with E-state index in [0.29, 0.717) is 21.6 Å². The van der Waals surface area contributed by atoms with Crippen LogP contribution in [0.25, 0.3) is 0 Å². The summed E-state index contributed by atoms with van der Waals surface area (Å²) in [7, 11) is 9.53. The Labute approximate surface area is 189 Å². The Morgan fingerprint density at radius 2 is 1.00 bits per heavy atom. The van der Waals surface area contributed by atoms with Gasteiger partial charge in [0.1, 0.15) is 11.5 Å². The van der Waals surface area contributed by atoms with Gasteiger partial charge in [0.2, 0.25) is 0 Å². The Bertz CT molecular complexity index is 875. The molecule has 0 aliphatic heterocycles. The van der Waals surface area contributed by atoms with Gasteiger partial charge >= 0.3 is 33.3 Å². The molecule has 3 rings (SSSR count). The molecule has 3 aromatic rings. The number of hydrogen-bond acceptors (Lipinski definition) is 3. The van der Waals surface area contributed by atoms with Gasteiger partial charge in [-0.25, -0.2) is 9.98 Å². The SMILES string of the molecule is CC(=Nc1ccc(Cl)cc1)c1ccc(C(C)=Nc2ccc(Cl)cc2)o1.[Cl][Fe][Cl]. The molecule has 1 heterocycles. The molecule has 3 nitrogen and oxygen atoms in total. The summed E-state index contributed by atoms with van der Waals surface area (Å²) >= 11 is 12.0. The van der Waals surface area contributed by atoms with Gasteiger partial charge in [-0.1, -0.05) is 23.2 Å². The average molecular weight is 498 g/mol. The van der Waals surface area contributed by atoms with E-state index in [4.69, 9.17) is 47.8 Å². The van der Waals surface area contributed by atoms with E-state index >= 15 is 0 Å². The van der Waals surface area contributed by atoms with Gasteiger partial charge in [0, 0.05) is 10.0 Å². The Hall–Kier alpha value is -1.26. The zero-order valence-electron chi connectivity index (χ0n) is 14.9. The zero-order chi connectivity index (χ0) is 20.5. The topological polar surface area (TPSA) is 37.9 Å². The number of hydrogen-bond donors (Lipinski definition) is 0. The van der Waals surface area contributed by atoms with Crippen LogP contribution in [0.1, 0.15) is 25.4 Å². The summed E-state index contributed by atoms with van der Waals surface area (Å²) in [5.41, 5.74) is 3.22. The van der Waals surface area contributed by atoms with Crippen molar-refractivity contribution in [2.24, 2.45) is 9.98 Å². The molecule has 0 atom stereocenters. The number of nitrogens with zero attached hydrogens (tertiary/aromatic N) is 2. The summed E-state index contributed by atoms with van der Waals surface area (Å²) in [5, 5.41) is 1.37. The maximum atomic E-state index is 5.89. The number of rotatable bonds is 4. The summed E-state index contributed by atoms with van der Waals surface area (Å²) < 4.78 is 5.89. The first kappa shape index (κ1) is 23.0. The summed E-state index contributed by atoms with van der Waals surface area (Å²) in [4.78, 5) is 9.09. The van der Waals surface area contributed by atoms with Crippen molar-refractivity contribution >= 4 is 66.2 Å². The summed E-state index contributed by atoms with van der Waals surface area (Å²) in [5.74, 6) is 1.41. The monoisotopic (exact) mass is 496 g/mol. The van der Waals surface area contributed by atoms with Gasteiger partial charge in [0.15, 0.2) is 0 Å². The van der Waals surface area contributed by atoms with E-state index in [9.17, 15) is 0 Å². The van der Waals surface area contributed by atoms with E-state index in [-0.39, 0.29) is 13.1 Å². The molecule has 0 N–H and O–H groups in total. The van der Waals surface area contributed by atoms with Crippen LogP contribution in [0.15, 0.2) is 75.1 Å². The van der Waals surface area contributed by atoms with Crippen LogP contribution in [0.2, 0.25) is 10.0 Å². The number of benzene rings is 2. The van der Waals surface area contributed by atoms with E-state index in [1.165, 1.54) is 0 Å². The molecule has 0 aliphatic rings. The number of furan rings is 1. The van der Waals surface area contributed by atoms with Gasteiger partial charge in [0.25, 0.3) is 0 Å². The summed E-state index contributed by atoms with van der Waals surface area (Å²) in [6.45, 7) is 3.81. The third-order valence-corrected chi connectivity index (χ3v) is 4.07. The van der Waals surface area contributed by atoms with Crippen molar-refractivity contribution in [3.05, 3.63) is 82.2 Å². The molecule has 2 aromatic carbocycles. The predicted octanol–water partition coefficient (Wildman–Crippen LogP) is 8.24. The van der Waals surface area contributed by atoms with Crippen molar-refractivity contribution < 1.29 is 17.6 Å². The quantitative estimate of drug-likeness (QED) is 0.264. The van der Waals surface area contributed by atoms with Crippen molar-refractivity contribution in [1.29, 1.82) is 0 Å². The Morgan fingerprint density at radius 1 is 0.679 bits per heavy atom. The van der Waals surface area contributed by atoms with Crippen molar-refractivity contribution in [1.82, 2.24) is 0 Å². The molecular formula is C20H16Cl4FeN2O. The minimum absolute atomic E-state index is 0.194. The molecular weight excluding hydrogens is 482 g/mol. The first-order valence-electron chi connectivity index (χ1n) is 8.00. The van der Waals surface area contributed by atoms with Crippen LogP contribution in [-0.4, -0.2) is 11.4 Å². The van der Waals surface area contributed by atoms with Gasteiger partial charge in [-0.05, 0) is 74.5 Å². The van der Waals surface area contributed by atoms with Crippen LogP contribution in [0.5, 0.6) is 0 Å². The molecule has 0 aliphatic carbocycles. The number of aliphatic imine (C=N–C) groups is 2. The zero-order valence-corrected chi connectivity index (χ0v) is 19.1. The van der Waals surface area contributed by atoms with E-state index in [0.717, 1.165) is 22.8 Å². The molecule has 28 heavy (non-hydrogen) atoms. The fourth-order valence-electron chi connectivity index (χ4n) is 2.26. The van der Waals surface area contributed by atoms with Gasteiger partial charge in [-0.15, -0.1) is 0 Å². The molecule has 0 saturated carbocycles. The first-order valence-corrected chi connectivity index (χ1v) is 11.8. The summed E-state index contributed by atoms with van der Waals surface area (Å²) in [6.07, 6.45) is 0. The van der Waals surface area contributed by atoms with Crippen LogP contribution in [0, 0.1) is 0 Å². The average Bonchev–Trinajstić information content (AvgIpc) is 3.17. The first-order chi connectivity index (χ1) is 13.4. The van der Waals surface area contributed by atoms with E-state index < -0.39 is 0 Å². The van der Waals surface area contributed by atoms with Gasteiger partial charge in [-0.3, -0.25) is 0 Å². The molecule has 8 heteroatoms. The van der Waals surface area contributed by atoms with Gasteiger partial charge < -0.3 is 4.42 Å². The molecule has 0 amide bonds. The summed E-state index contributed by atoms with van der Waals surface area (Å²) in [6, 6.07) is 18.5. The van der Waals surface area contributed by atoms with Crippen molar-refractivity contribution in [3.63, 3.8) is 0 Å². The van der Waals surface area contributed by atoms with E-state index in [2.05, 4.69) is 9.98 Å². The van der Waals surface area contributed by atoms with Crippen molar-refractivity contribution in [3.8, 4) is 0 Å². The van der Waals surface area contributed by atoms with E-state index in [1.54, 1.807) is 0 Å². The van der Waals surface area contributed by atoms with Crippen molar-refractivity contribution in [2.45, 2.75) is 13.8 Å². The Morgan fingerprint density at radius 3 is 1.32 bits per heavy atom. The van der Waals surface area contributed by atoms with Crippen molar-refractivity contribution in [2.75, 3.05) is 0 Å². The third kappa shape index (κ3) is 7.29. The second-order valence-electron chi connectivity index (χ2n) is 5.56. The van der Waals surface area contributed by atoms with Gasteiger partial charge in [-0.2, -0.15) is 0 Å². The second-order valence-corrected chi connectivity index (χ2v) is 8.26. The van der Waals surface area contributed by atoms with Crippen LogP contribution < -0.4 is 0 Å². The van der Waals surface area contributed by atoms with E-state index in [1.807, 2.05) is 74.5 Å². The molecule has 0 fully saturated rings. The Kier molecular flexibility index (Phi) is 9.60. The number of halogens is 4. The normalized spacial score (nSPS) is 11.9. The third-order valence-electron chi connectivity index (χ3n) is 3.57. The molecule has 0 unspecified atom stereocenters. The predicted molar refractivity (Wildman–Crippen MR) is 117 cm³/mol. The van der Waals surface area contributed by atoms with Crippen LogP contribution in [0.4, 0.5) is 11.4 Å². The fourth-order valence-corrected chi connectivity index (χ4v) is 2.51. The second kappa shape index (κ2) is 11.7. The molecule has 0 radical (unpaired) electrons. The maximum absolute atomic E-state index is 5.89. The molecule has 148 valence electrons. The van der Waals surface area contributed by atoms with Crippen LogP contribution in [-0.2, 0) is 13.1 Å². The standard InChI is InChI=1S/C20H16Cl2N2O.2ClH.Fe/c1-13(23-17-7-3-15(21)4-8-17)19-11-12-20(25-19)14(2)24-18-9-5-16(22)6-10-18;;;/h3-12H,1-2H3;2*1H;/q;;;+2/p-2. The van der Waals surface area contributed by atoms with Gasteiger partial charge in [0.05, 0.1) is 22.8 Å². The molecule has 0 saturated heterocycles.